The van der Waals surface area contributed by atoms with Crippen LogP contribution in [0.2, 0.25) is 0 Å². The normalized spacial score (nSPS) is 16.1. The molecule has 2 rings (SSSR count). The van der Waals surface area contributed by atoms with Gasteiger partial charge in [0, 0.05) is 6.04 Å². The minimum absolute atomic E-state index is 0.112. The molecule has 0 saturated heterocycles. The van der Waals surface area contributed by atoms with E-state index in [9.17, 15) is 4.79 Å². The second kappa shape index (κ2) is 7.17. The first kappa shape index (κ1) is 13.9. The third-order valence-corrected chi connectivity index (χ3v) is 3.65. The molecule has 0 heterocycles. The van der Waals surface area contributed by atoms with Crippen LogP contribution in [0.1, 0.15) is 44.1 Å². The summed E-state index contributed by atoms with van der Waals surface area (Å²) in [6, 6.07) is 8.27. The molecule has 1 aromatic carbocycles. The zero-order valence-electron chi connectivity index (χ0n) is 11.7. The van der Waals surface area contributed by atoms with Gasteiger partial charge < -0.3 is 10.1 Å². The summed E-state index contributed by atoms with van der Waals surface area (Å²) < 4.78 is 5.64. The zero-order chi connectivity index (χ0) is 13.5. The maximum Gasteiger partial charge on any atom is 0.223 e. The Labute approximate surface area is 115 Å². The summed E-state index contributed by atoms with van der Waals surface area (Å²) >= 11 is 0. The van der Waals surface area contributed by atoms with Crippen LogP contribution in [0.25, 0.3) is 0 Å². The van der Waals surface area contributed by atoms with Gasteiger partial charge in [0.25, 0.3) is 0 Å². The zero-order valence-corrected chi connectivity index (χ0v) is 11.7. The lowest BCUT2D eigenvalue weighted by Gasteiger charge is -2.22. The lowest BCUT2D eigenvalue weighted by Crippen LogP contribution is -2.36. The van der Waals surface area contributed by atoms with Gasteiger partial charge in [-0.1, -0.05) is 37.5 Å². The van der Waals surface area contributed by atoms with Gasteiger partial charge in [0.1, 0.15) is 5.75 Å². The van der Waals surface area contributed by atoms with Gasteiger partial charge in [0.05, 0.1) is 13.0 Å². The van der Waals surface area contributed by atoms with Crippen molar-refractivity contribution >= 4 is 5.91 Å². The predicted molar refractivity (Wildman–Crippen MR) is 76.3 cm³/mol. The fraction of sp³-hybridized carbons (Fsp3) is 0.562. The molecule has 1 aliphatic rings. The van der Waals surface area contributed by atoms with Gasteiger partial charge >= 0.3 is 0 Å². The topological polar surface area (TPSA) is 38.3 Å². The maximum atomic E-state index is 11.8. The molecule has 1 aliphatic carbocycles. The van der Waals surface area contributed by atoms with E-state index >= 15 is 0 Å². The number of hydrogen-bond acceptors (Lipinski definition) is 2. The first-order valence-electron chi connectivity index (χ1n) is 7.23. The van der Waals surface area contributed by atoms with E-state index in [2.05, 4.69) is 5.32 Å². The molecule has 3 nitrogen and oxygen atoms in total. The van der Waals surface area contributed by atoms with Gasteiger partial charge in [0.2, 0.25) is 5.91 Å². The van der Waals surface area contributed by atoms with Gasteiger partial charge in [-0.25, -0.2) is 0 Å². The second-order valence-corrected chi connectivity index (χ2v) is 5.27. The van der Waals surface area contributed by atoms with E-state index in [1.165, 1.54) is 19.3 Å². The molecule has 1 N–H and O–H groups in total. The van der Waals surface area contributed by atoms with Gasteiger partial charge in [-0.3, -0.25) is 4.79 Å². The van der Waals surface area contributed by atoms with Crippen LogP contribution in [0.5, 0.6) is 5.75 Å². The van der Waals surface area contributed by atoms with Crippen molar-refractivity contribution in [3.8, 4) is 5.75 Å². The van der Waals surface area contributed by atoms with E-state index in [-0.39, 0.29) is 5.91 Å². The summed E-state index contributed by atoms with van der Waals surface area (Å²) in [5, 5.41) is 3.10. The molecular weight excluding hydrogens is 238 g/mol. The molecule has 1 saturated carbocycles. The van der Waals surface area contributed by atoms with Crippen molar-refractivity contribution in [2.45, 2.75) is 51.5 Å². The van der Waals surface area contributed by atoms with Gasteiger partial charge in [0.15, 0.2) is 0 Å². The Morgan fingerprint density at radius 1 is 1.26 bits per heavy atom. The SMILES string of the molecule is Cc1ccccc1OCCC(=O)NC1CCCCC1. The highest BCUT2D eigenvalue weighted by molar-refractivity contribution is 5.76. The van der Waals surface area contributed by atoms with Gasteiger partial charge in [-0.05, 0) is 31.4 Å². The standard InChI is InChI=1S/C16H23NO2/c1-13-7-5-6-10-15(13)19-12-11-16(18)17-14-8-3-2-4-9-14/h5-7,10,14H,2-4,8-9,11-12H2,1H3,(H,17,18). The highest BCUT2D eigenvalue weighted by Gasteiger charge is 2.15. The van der Waals surface area contributed by atoms with Gasteiger partial charge in [-0.2, -0.15) is 0 Å². The Morgan fingerprint density at radius 2 is 2.00 bits per heavy atom. The highest BCUT2D eigenvalue weighted by Crippen LogP contribution is 2.18. The van der Waals surface area contributed by atoms with Crippen molar-refractivity contribution in [2.24, 2.45) is 0 Å². The Balaban J connectivity index is 1.67. The summed E-state index contributed by atoms with van der Waals surface area (Å²) in [6.45, 7) is 2.46. The Bertz CT molecular complexity index is 411. The van der Waals surface area contributed by atoms with Crippen LogP contribution in [-0.2, 0) is 4.79 Å². The van der Waals surface area contributed by atoms with Crippen molar-refractivity contribution in [1.29, 1.82) is 0 Å². The second-order valence-electron chi connectivity index (χ2n) is 5.27. The minimum atomic E-state index is 0.112. The van der Waals surface area contributed by atoms with Crippen LogP contribution >= 0.6 is 0 Å². The number of hydrogen-bond donors (Lipinski definition) is 1. The average molecular weight is 261 g/mol. The quantitative estimate of drug-likeness (QED) is 0.884. The number of benzene rings is 1. The van der Waals surface area contributed by atoms with E-state index in [1.807, 2.05) is 31.2 Å². The number of amides is 1. The summed E-state index contributed by atoms with van der Waals surface area (Å²) in [5.74, 6) is 0.980. The molecule has 0 atom stereocenters. The molecule has 104 valence electrons. The van der Waals surface area contributed by atoms with Crippen LogP contribution in [0.4, 0.5) is 0 Å². The number of aryl methyl sites for hydroxylation is 1. The predicted octanol–water partition coefficient (Wildman–Crippen LogP) is 3.21. The molecule has 0 spiro atoms. The molecule has 0 radical (unpaired) electrons. The van der Waals surface area contributed by atoms with Crippen molar-refractivity contribution < 1.29 is 9.53 Å². The van der Waals surface area contributed by atoms with Crippen LogP contribution in [0.15, 0.2) is 24.3 Å². The third-order valence-electron chi connectivity index (χ3n) is 3.65. The Hall–Kier alpha value is -1.51. The van der Waals surface area contributed by atoms with E-state index in [4.69, 9.17) is 4.74 Å². The fourth-order valence-electron chi connectivity index (χ4n) is 2.52. The Kier molecular flexibility index (Phi) is 5.25. The molecule has 19 heavy (non-hydrogen) atoms. The number of ether oxygens (including phenoxy) is 1. The summed E-state index contributed by atoms with van der Waals surface area (Å²) in [7, 11) is 0. The van der Waals surface area contributed by atoms with E-state index < -0.39 is 0 Å². The monoisotopic (exact) mass is 261 g/mol. The Morgan fingerprint density at radius 3 is 2.74 bits per heavy atom. The fourth-order valence-corrected chi connectivity index (χ4v) is 2.52. The largest absolute Gasteiger partial charge is 0.493 e. The first-order valence-corrected chi connectivity index (χ1v) is 7.23. The molecule has 1 aromatic rings. The molecule has 0 aliphatic heterocycles. The van der Waals surface area contributed by atoms with Crippen LogP contribution < -0.4 is 10.1 Å². The number of nitrogens with one attached hydrogen (secondary N) is 1. The average Bonchev–Trinajstić information content (AvgIpc) is 2.42. The summed E-state index contributed by atoms with van der Waals surface area (Å²) in [5.41, 5.74) is 1.11. The highest BCUT2D eigenvalue weighted by atomic mass is 16.5. The van der Waals surface area contributed by atoms with Crippen molar-refractivity contribution in [3.63, 3.8) is 0 Å². The maximum absolute atomic E-state index is 11.8. The number of carbonyl (C=O) groups excluding carboxylic acids is 1. The molecule has 3 heteroatoms. The first-order chi connectivity index (χ1) is 9.25. The number of rotatable bonds is 5. The van der Waals surface area contributed by atoms with E-state index in [0.717, 1.165) is 24.2 Å². The lowest BCUT2D eigenvalue weighted by atomic mass is 9.95. The van der Waals surface area contributed by atoms with Gasteiger partial charge in [-0.15, -0.1) is 0 Å². The number of carbonyl (C=O) groups is 1. The summed E-state index contributed by atoms with van der Waals surface area (Å²) in [6.07, 6.45) is 6.48. The molecule has 1 fully saturated rings. The summed E-state index contributed by atoms with van der Waals surface area (Å²) in [4.78, 5) is 11.8. The van der Waals surface area contributed by atoms with E-state index in [0.29, 0.717) is 19.1 Å². The molecule has 0 aromatic heterocycles. The molecule has 1 amide bonds. The number of para-hydroxylation sites is 1. The van der Waals surface area contributed by atoms with Crippen molar-refractivity contribution in [3.05, 3.63) is 29.8 Å². The third kappa shape index (κ3) is 4.58. The smallest absolute Gasteiger partial charge is 0.223 e. The van der Waals surface area contributed by atoms with Crippen molar-refractivity contribution in [2.75, 3.05) is 6.61 Å². The van der Waals surface area contributed by atoms with Crippen LogP contribution in [-0.4, -0.2) is 18.6 Å². The molecule has 0 unspecified atom stereocenters. The van der Waals surface area contributed by atoms with Crippen molar-refractivity contribution in [1.82, 2.24) is 5.32 Å². The van der Waals surface area contributed by atoms with E-state index in [1.54, 1.807) is 0 Å². The lowest BCUT2D eigenvalue weighted by molar-refractivity contribution is -0.122. The molecular formula is C16H23NO2. The molecule has 0 bridgehead atoms. The minimum Gasteiger partial charge on any atom is -0.493 e. The van der Waals surface area contributed by atoms with Crippen LogP contribution in [0.3, 0.4) is 0 Å². The van der Waals surface area contributed by atoms with Crippen LogP contribution in [0, 0.1) is 6.92 Å².